The van der Waals surface area contributed by atoms with Crippen molar-refractivity contribution >= 4 is 22.8 Å². The first-order valence-corrected chi connectivity index (χ1v) is 8.51. The van der Waals surface area contributed by atoms with Gasteiger partial charge in [-0.05, 0) is 31.2 Å². The number of para-hydroxylation sites is 2. The number of primary amides is 1. The Kier molecular flexibility index (Phi) is 4.25. The highest BCUT2D eigenvalue weighted by atomic mass is 16.1. The third kappa shape index (κ3) is 3.48. The van der Waals surface area contributed by atoms with Crippen LogP contribution in [-0.2, 0) is 6.54 Å². The van der Waals surface area contributed by atoms with E-state index in [-0.39, 0.29) is 0 Å². The fourth-order valence-corrected chi connectivity index (χ4v) is 2.80. The molecule has 0 saturated carbocycles. The van der Waals surface area contributed by atoms with E-state index in [0.717, 1.165) is 33.8 Å². The van der Waals surface area contributed by atoms with Crippen LogP contribution in [0.1, 0.15) is 21.7 Å². The van der Waals surface area contributed by atoms with Gasteiger partial charge in [-0.1, -0.05) is 24.3 Å². The van der Waals surface area contributed by atoms with Crippen molar-refractivity contribution in [1.29, 1.82) is 0 Å². The molecule has 4 N–H and O–H groups in total. The number of aromatic nitrogens is 4. The summed E-state index contributed by atoms with van der Waals surface area (Å²) < 4.78 is 0. The molecule has 0 aliphatic heterocycles. The summed E-state index contributed by atoms with van der Waals surface area (Å²) in [6, 6.07) is 14.8. The van der Waals surface area contributed by atoms with E-state index in [4.69, 9.17) is 5.73 Å². The lowest BCUT2D eigenvalue weighted by molar-refractivity contribution is 0.100. The quantitative estimate of drug-likeness (QED) is 0.508. The van der Waals surface area contributed by atoms with Crippen LogP contribution in [0.2, 0.25) is 0 Å². The number of H-pyrrole nitrogens is 1. The molecule has 0 aliphatic carbocycles. The number of amides is 1. The first kappa shape index (κ1) is 16.7. The number of fused-ring (bicyclic) bond motifs is 1. The molecule has 0 aliphatic rings. The maximum absolute atomic E-state index is 11.2. The van der Waals surface area contributed by atoms with Crippen LogP contribution in [0.5, 0.6) is 0 Å². The van der Waals surface area contributed by atoms with Gasteiger partial charge >= 0.3 is 0 Å². The molecule has 0 unspecified atom stereocenters. The molecule has 0 bridgehead atoms. The van der Waals surface area contributed by atoms with Crippen LogP contribution < -0.4 is 11.1 Å². The molecule has 4 aromatic rings. The summed E-state index contributed by atoms with van der Waals surface area (Å²) in [5, 5.41) is 3.31. The van der Waals surface area contributed by atoms with Crippen LogP contribution in [0.3, 0.4) is 0 Å². The first-order valence-electron chi connectivity index (χ1n) is 8.51. The highest BCUT2D eigenvalue weighted by Crippen LogP contribution is 2.20. The summed E-state index contributed by atoms with van der Waals surface area (Å²) in [6.45, 7) is 2.47. The van der Waals surface area contributed by atoms with Gasteiger partial charge in [-0.3, -0.25) is 4.79 Å². The van der Waals surface area contributed by atoms with Crippen LogP contribution >= 0.6 is 0 Å². The molecule has 1 amide bonds. The van der Waals surface area contributed by atoms with Crippen molar-refractivity contribution in [2.45, 2.75) is 13.5 Å². The van der Waals surface area contributed by atoms with Crippen LogP contribution in [0.15, 0.2) is 54.7 Å². The summed E-state index contributed by atoms with van der Waals surface area (Å²) in [7, 11) is 0. The lowest BCUT2D eigenvalue weighted by Crippen LogP contribution is -2.10. The Morgan fingerprint density at radius 3 is 2.63 bits per heavy atom. The molecule has 7 nitrogen and oxygen atoms in total. The van der Waals surface area contributed by atoms with E-state index in [1.165, 1.54) is 0 Å². The van der Waals surface area contributed by atoms with E-state index in [1.54, 1.807) is 30.5 Å². The number of nitrogens with zero attached hydrogens (tertiary/aromatic N) is 3. The summed E-state index contributed by atoms with van der Waals surface area (Å²) in [5.41, 5.74) is 9.42. The van der Waals surface area contributed by atoms with Crippen LogP contribution in [-0.4, -0.2) is 25.8 Å². The predicted molar refractivity (Wildman–Crippen MR) is 104 cm³/mol. The van der Waals surface area contributed by atoms with E-state index >= 15 is 0 Å². The van der Waals surface area contributed by atoms with Crippen LogP contribution in [0, 0.1) is 6.92 Å². The maximum atomic E-state index is 11.2. The molecular weight excluding hydrogens is 340 g/mol. The van der Waals surface area contributed by atoms with E-state index in [1.807, 2.05) is 31.2 Å². The lowest BCUT2D eigenvalue weighted by Gasteiger charge is -2.09. The molecule has 4 rings (SSSR count). The summed E-state index contributed by atoms with van der Waals surface area (Å²) in [5.74, 6) is 1.68. The molecule has 2 heterocycles. The van der Waals surface area contributed by atoms with Crippen molar-refractivity contribution in [3.05, 3.63) is 71.7 Å². The van der Waals surface area contributed by atoms with Gasteiger partial charge in [0.05, 0.1) is 17.6 Å². The molecule has 2 aromatic heterocycles. The van der Waals surface area contributed by atoms with Crippen molar-refractivity contribution in [3.63, 3.8) is 0 Å². The Morgan fingerprint density at radius 2 is 1.89 bits per heavy atom. The average Bonchev–Trinajstić information content (AvgIpc) is 3.10. The number of benzene rings is 2. The Hall–Kier alpha value is -3.74. The van der Waals surface area contributed by atoms with Crippen molar-refractivity contribution in [1.82, 2.24) is 19.9 Å². The number of carbonyl (C=O) groups is 1. The normalized spacial score (nSPS) is 10.9. The van der Waals surface area contributed by atoms with Gasteiger partial charge in [0.2, 0.25) is 5.91 Å². The van der Waals surface area contributed by atoms with Crippen LogP contribution in [0.4, 0.5) is 5.82 Å². The number of nitrogens with two attached hydrogens (primary N) is 1. The Bertz CT molecular complexity index is 1080. The molecule has 0 atom stereocenters. The standard InChI is InChI=1S/C20H18N6O/c1-12-10-22-20(14-8-6-13(7-9-14)18(21)27)26-19(12)23-11-17-24-15-4-2-3-5-16(15)25-17/h2-10H,11H2,1H3,(H2,21,27)(H,24,25)(H,22,23,26). The van der Waals surface area contributed by atoms with Crippen molar-refractivity contribution in [2.24, 2.45) is 5.73 Å². The number of aryl methyl sites for hydroxylation is 1. The number of hydrogen-bond acceptors (Lipinski definition) is 5. The molecule has 27 heavy (non-hydrogen) atoms. The van der Waals surface area contributed by atoms with E-state index in [0.29, 0.717) is 17.9 Å². The highest BCUT2D eigenvalue weighted by molar-refractivity contribution is 5.93. The van der Waals surface area contributed by atoms with Gasteiger partial charge in [0.1, 0.15) is 11.6 Å². The van der Waals surface area contributed by atoms with Crippen molar-refractivity contribution < 1.29 is 4.79 Å². The van der Waals surface area contributed by atoms with Crippen LogP contribution in [0.25, 0.3) is 22.4 Å². The zero-order valence-corrected chi connectivity index (χ0v) is 14.7. The molecule has 0 spiro atoms. The molecule has 0 radical (unpaired) electrons. The fourth-order valence-electron chi connectivity index (χ4n) is 2.80. The molecule has 134 valence electrons. The van der Waals surface area contributed by atoms with Gasteiger partial charge in [0.15, 0.2) is 5.82 Å². The molecule has 2 aromatic carbocycles. The molecule has 0 saturated heterocycles. The second-order valence-electron chi connectivity index (χ2n) is 6.22. The third-order valence-corrected chi connectivity index (χ3v) is 4.26. The number of rotatable bonds is 5. The topological polar surface area (TPSA) is 110 Å². The zero-order chi connectivity index (χ0) is 18.8. The predicted octanol–water partition coefficient (Wildman–Crippen LogP) is 3.04. The number of imidazole rings is 1. The maximum Gasteiger partial charge on any atom is 0.248 e. The van der Waals surface area contributed by atoms with Gasteiger partial charge in [-0.2, -0.15) is 0 Å². The Balaban J connectivity index is 1.55. The largest absolute Gasteiger partial charge is 0.366 e. The van der Waals surface area contributed by atoms with Gasteiger partial charge in [0.25, 0.3) is 0 Å². The van der Waals surface area contributed by atoms with Gasteiger partial charge < -0.3 is 16.0 Å². The van der Waals surface area contributed by atoms with Crippen molar-refractivity contribution in [3.8, 4) is 11.4 Å². The summed E-state index contributed by atoms with van der Waals surface area (Å²) in [4.78, 5) is 28.0. The molecular formula is C20H18N6O. The fraction of sp³-hybridized carbons (Fsp3) is 0.100. The third-order valence-electron chi connectivity index (χ3n) is 4.26. The second-order valence-corrected chi connectivity index (χ2v) is 6.22. The number of nitrogens with one attached hydrogen (secondary N) is 2. The van der Waals surface area contributed by atoms with E-state index in [9.17, 15) is 4.79 Å². The Labute approximate surface area is 155 Å². The lowest BCUT2D eigenvalue weighted by atomic mass is 10.1. The first-order chi connectivity index (χ1) is 13.1. The number of hydrogen-bond donors (Lipinski definition) is 3. The minimum absolute atomic E-state index is 0.453. The summed E-state index contributed by atoms with van der Waals surface area (Å²) >= 11 is 0. The van der Waals surface area contributed by atoms with E-state index < -0.39 is 5.91 Å². The summed E-state index contributed by atoms with van der Waals surface area (Å²) in [6.07, 6.45) is 1.77. The Morgan fingerprint density at radius 1 is 1.11 bits per heavy atom. The number of aromatic amines is 1. The monoisotopic (exact) mass is 358 g/mol. The van der Waals surface area contributed by atoms with Gasteiger partial charge in [-0.25, -0.2) is 15.0 Å². The van der Waals surface area contributed by atoms with E-state index in [2.05, 4.69) is 25.3 Å². The van der Waals surface area contributed by atoms with Gasteiger partial charge in [-0.15, -0.1) is 0 Å². The average molecular weight is 358 g/mol. The molecule has 0 fully saturated rings. The minimum atomic E-state index is -0.459. The highest BCUT2D eigenvalue weighted by Gasteiger charge is 2.09. The van der Waals surface area contributed by atoms with Gasteiger partial charge in [0, 0.05) is 22.9 Å². The zero-order valence-electron chi connectivity index (χ0n) is 14.7. The minimum Gasteiger partial charge on any atom is -0.366 e. The SMILES string of the molecule is Cc1cnc(-c2ccc(C(N)=O)cc2)nc1NCc1nc2ccccc2[nH]1. The smallest absolute Gasteiger partial charge is 0.248 e. The number of anilines is 1. The van der Waals surface area contributed by atoms with Crippen molar-refractivity contribution in [2.75, 3.05) is 5.32 Å². The second kappa shape index (κ2) is 6.87. The number of carbonyl (C=O) groups excluding carboxylic acids is 1. The molecule has 7 heteroatoms.